The minimum absolute atomic E-state index is 0.244. The van der Waals surface area contributed by atoms with Gasteiger partial charge in [0.05, 0.1) is 0 Å². The molecule has 4 rings (SSSR count). The minimum atomic E-state index is -0.292. The van der Waals surface area contributed by atoms with Gasteiger partial charge < -0.3 is 10.7 Å². The van der Waals surface area contributed by atoms with E-state index in [0.29, 0.717) is 33.1 Å². The number of nitrogen functional groups attached to an aromatic ring is 1. The van der Waals surface area contributed by atoms with Crippen molar-refractivity contribution in [3.63, 3.8) is 0 Å². The van der Waals surface area contributed by atoms with Crippen LogP contribution in [0.5, 0.6) is 0 Å². The van der Waals surface area contributed by atoms with E-state index >= 15 is 0 Å². The number of allylic oxidation sites excluding steroid dienone is 1. The van der Waals surface area contributed by atoms with E-state index < -0.39 is 0 Å². The summed E-state index contributed by atoms with van der Waals surface area (Å²) in [5.74, 6) is 0.244. The molecule has 0 unspecified atom stereocenters. The smallest absolute Gasteiger partial charge is 0.259 e. The topological polar surface area (TPSA) is 97.4 Å². The first-order valence-electron chi connectivity index (χ1n) is 9.05. The summed E-state index contributed by atoms with van der Waals surface area (Å²) in [5, 5.41) is 1.30. The fraction of sp³-hybridized carbons (Fsp3) is 0. The quantitative estimate of drug-likeness (QED) is 0.339. The van der Waals surface area contributed by atoms with Crippen molar-refractivity contribution in [2.45, 2.75) is 0 Å². The highest BCUT2D eigenvalue weighted by atomic mass is 35.5. The van der Waals surface area contributed by atoms with Crippen molar-refractivity contribution in [3.05, 3.63) is 98.4 Å². The number of hydrogen-bond acceptors (Lipinski definition) is 4. The monoisotopic (exact) mass is 453 g/mol. The number of carbonyl (C=O) groups excluding carboxylic acids is 2. The molecule has 3 N–H and O–H groups in total. The summed E-state index contributed by atoms with van der Waals surface area (Å²) in [6.07, 6.45) is 6.12. The Hall–Kier alpha value is -3.61. The molecule has 0 fully saturated rings. The number of aromatic amines is 1. The summed E-state index contributed by atoms with van der Waals surface area (Å²) >= 11 is 11.5. The van der Waals surface area contributed by atoms with E-state index in [4.69, 9.17) is 28.9 Å². The van der Waals surface area contributed by atoms with Gasteiger partial charge in [-0.05, 0) is 41.5 Å². The number of rotatable bonds is 4. The molecule has 2 heterocycles. The van der Waals surface area contributed by atoms with Crippen molar-refractivity contribution in [1.82, 2.24) is 9.38 Å². The number of nitrogens with zero attached hydrogens (tertiary/aromatic N) is 1. The van der Waals surface area contributed by atoms with E-state index in [0.717, 1.165) is 17.4 Å². The van der Waals surface area contributed by atoms with E-state index in [-0.39, 0.29) is 11.4 Å². The van der Waals surface area contributed by atoms with Crippen LogP contribution in [0.15, 0.2) is 71.7 Å². The van der Waals surface area contributed by atoms with Crippen molar-refractivity contribution < 1.29 is 9.59 Å². The SMILES string of the molecule is Nc1cc(=O)n2cc(C=O)c(-c3ccc(Cl)cc3)c2[nH]1.O=C/C=C/c1ccc(Cl)cc1. The van der Waals surface area contributed by atoms with Gasteiger partial charge in [-0.3, -0.25) is 18.8 Å². The molecule has 0 amide bonds. The predicted molar refractivity (Wildman–Crippen MR) is 125 cm³/mol. The summed E-state index contributed by atoms with van der Waals surface area (Å²) in [4.78, 5) is 36.0. The Kier molecular flexibility index (Phi) is 7.07. The number of fused-ring (bicyclic) bond motifs is 1. The number of aldehydes is 2. The fourth-order valence-electron chi connectivity index (χ4n) is 2.93. The maximum absolute atomic E-state index is 11.9. The lowest BCUT2D eigenvalue weighted by Gasteiger charge is -2.03. The van der Waals surface area contributed by atoms with Gasteiger partial charge in [0, 0.05) is 33.4 Å². The molecule has 0 aliphatic heterocycles. The van der Waals surface area contributed by atoms with Crippen molar-refractivity contribution in [2.24, 2.45) is 0 Å². The third-order valence-electron chi connectivity index (χ3n) is 4.31. The third kappa shape index (κ3) is 5.31. The van der Waals surface area contributed by atoms with Crippen LogP contribution in [0.1, 0.15) is 15.9 Å². The van der Waals surface area contributed by atoms with Gasteiger partial charge in [0.1, 0.15) is 17.8 Å². The first-order valence-corrected chi connectivity index (χ1v) is 9.81. The van der Waals surface area contributed by atoms with Gasteiger partial charge in [-0.2, -0.15) is 0 Å². The van der Waals surface area contributed by atoms with Crippen LogP contribution in [0.2, 0.25) is 10.0 Å². The molecule has 0 aliphatic carbocycles. The second-order valence-corrected chi connectivity index (χ2v) is 7.29. The van der Waals surface area contributed by atoms with Crippen LogP contribution in [0.3, 0.4) is 0 Å². The van der Waals surface area contributed by atoms with Crippen molar-refractivity contribution in [1.29, 1.82) is 0 Å². The summed E-state index contributed by atoms with van der Waals surface area (Å²) < 4.78 is 1.37. The van der Waals surface area contributed by atoms with Crippen LogP contribution in [0, 0.1) is 0 Å². The molecule has 0 radical (unpaired) electrons. The lowest BCUT2D eigenvalue weighted by molar-refractivity contribution is -0.104. The molecule has 2 aromatic heterocycles. The van der Waals surface area contributed by atoms with E-state index in [9.17, 15) is 14.4 Å². The Bertz CT molecular complexity index is 1310. The molecule has 6 nitrogen and oxygen atoms in total. The number of hydrogen-bond donors (Lipinski definition) is 2. The molecule has 0 spiro atoms. The van der Waals surface area contributed by atoms with Gasteiger partial charge in [0.25, 0.3) is 5.56 Å². The van der Waals surface area contributed by atoms with E-state index in [1.165, 1.54) is 22.7 Å². The van der Waals surface area contributed by atoms with Gasteiger partial charge in [0.2, 0.25) is 0 Å². The highest BCUT2D eigenvalue weighted by Crippen LogP contribution is 2.29. The molecule has 0 aliphatic rings. The fourth-order valence-corrected chi connectivity index (χ4v) is 3.18. The maximum Gasteiger partial charge on any atom is 0.259 e. The Morgan fingerprint density at radius 1 is 0.935 bits per heavy atom. The minimum Gasteiger partial charge on any atom is -0.385 e. The van der Waals surface area contributed by atoms with Gasteiger partial charge in [-0.1, -0.05) is 53.5 Å². The zero-order valence-electron chi connectivity index (χ0n) is 16.1. The average molecular weight is 454 g/mol. The third-order valence-corrected chi connectivity index (χ3v) is 4.81. The number of nitrogens with two attached hydrogens (primary N) is 1. The maximum atomic E-state index is 11.9. The average Bonchev–Trinajstić information content (AvgIpc) is 3.13. The molecular formula is C23H17Cl2N3O3. The van der Waals surface area contributed by atoms with E-state index in [1.54, 1.807) is 42.5 Å². The molecular weight excluding hydrogens is 437 g/mol. The first-order chi connectivity index (χ1) is 14.9. The van der Waals surface area contributed by atoms with E-state index in [1.807, 2.05) is 12.1 Å². The van der Waals surface area contributed by atoms with Gasteiger partial charge in [-0.15, -0.1) is 0 Å². The highest BCUT2D eigenvalue weighted by Gasteiger charge is 2.14. The molecule has 2 aromatic carbocycles. The normalized spacial score (nSPS) is 10.6. The summed E-state index contributed by atoms with van der Waals surface area (Å²) in [6.45, 7) is 0. The second-order valence-electron chi connectivity index (χ2n) is 6.41. The molecule has 0 saturated carbocycles. The molecule has 31 heavy (non-hydrogen) atoms. The van der Waals surface area contributed by atoms with E-state index in [2.05, 4.69) is 4.98 Å². The van der Waals surface area contributed by atoms with Crippen LogP contribution in [-0.2, 0) is 4.79 Å². The Balaban J connectivity index is 0.000000210. The summed E-state index contributed by atoms with van der Waals surface area (Å²) in [6, 6.07) is 15.5. The molecule has 156 valence electrons. The molecule has 0 saturated heterocycles. The number of H-pyrrole nitrogens is 1. The standard InChI is InChI=1S/C14H10ClN3O2.C9H7ClO/c15-10-3-1-8(2-4-10)13-9(7-19)6-18-12(20)5-11(16)17-14(13)18;10-9-5-3-8(4-6-9)2-1-7-11/h1-7,17H,16H2;1-7H/b;2-1+. The van der Waals surface area contributed by atoms with Crippen molar-refractivity contribution >= 4 is 53.3 Å². The van der Waals surface area contributed by atoms with Gasteiger partial charge in [-0.25, -0.2) is 0 Å². The molecule has 4 aromatic rings. The number of carbonyl (C=O) groups is 2. The number of benzene rings is 2. The van der Waals surface area contributed by atoms with Gasteiger partial charge in [0.15, 0.2) is 6.29 Å². The van der Waals surface area contributed by atoms with Crippen molar-refractivity contribution in [2.75, 3.05) is 5.73 Å². The molecule has 0 atom stereocenters. The van der Waals surface area contributed by atoms with Crippen molar-refractivity contribution in [3.8, 4) is 11.1 Å². The Morgan fingerprint density at radius 3 is 2.13 bits per heavy atom. The number of aromatic nitrogens is 2. The second kappa shape index (κ2) is 9.93. The number of anilines is 1. The zero-order chi connectivity index (χ0) is 22.4. The van der Waals surface area contributed by atoms with Crippen LogP contribution in [0.25, 0.3) is 22.9 Å². The lowest BCUT2D eigenvalue weighted by Crippen LogP contribution is -2.13. The number of halogens is 2. The van der Waals surface area contributed by atoms with Gasteiger partial charge >= 0.3 is 0 Å². The van der Waals surface area contributed by atoms with Crippen LogP contribution in [-0.4, -0.2) is 22.0 Å². The summed E-state index contributed by atoms with van der Waals surface area (Å²) in [5.41, 5.74) is 8.65. The Morgan fingerprint density at radius 2 is 1.55 bits per heavy atom. The number of nitrogens with one attached hydrogen (secondary N) is 1. The predicted octanol–water partition coefficient (Wildman–Crippen LogP) is 4.89. The highest BCUT2D eigenvalue weighted by molar-refractivity contribution is 6.30. The Labute approximate surface area is 187 Å². The largest absolute Gasteiger partial charge is 0.385 e. The van der Waals surface area contributed by atoms with Crippen LogP contribution >= 0.6 is 23.2 Å². The molecule has 8 heteroatoms. The van der Waals surface area contributed by atoms with Crippen LogP contribution < -0.4 is 11.3 Å². The molecule has 0 bridgehead atoms. The lowest BCUT2D eigenvalue weighted by atomic mass is 10.1. The first kappa shape index (κ1) is 22.1. The summed E-state index contributed by atoms with van der Waals surface area (Å²) in [7, 11) is 0. The zero-order valence-corrected chi connectivity index (χ0v) is 17.6. The van der Waals surface area contributed by atoms with Crippen LogP contribution in [0.4, 0.5) is 5.82 Å².